The van der Waals surface area contributed by atoms with Crippen molar-refractivity contribution in [3.8, 4) is 0 Å². The Balaban J connectivity index is 0. The lowest BCUT2D eigenvalue weighted by atomic mass is 10.8. The molecule has 0 saturated carbocycles. The van der Waals surface area contributed by atoms with Gasteiger partial charge in [0, 0.05) is 7.43 Å². The number of allylic oxidation sites excluding steroid dienone is 1. The van der Waals surface area contributed by atoms with Crippen molar-refractivity contribution in [3.05, 3.63) is 20.1 Å². The SMILES string of the molecule is C=CC.[C]. The zero-order chi connectivity index (χ0) is 2.71. The van der Waals surface area contributed by atoms with E-state index in [1.54, 1.807) is 6.08 Å². The highest BCUT2D eigenvalue weighted by Gasteiger charge is 1.15. The Hall–Kier alpha value is -0.260. The molecule has 0 heterocycles. The smallest absolute Gasteiger partial charge is 0 e. The number of rotatable bonds is 0. The summed E-state index contributed by atoms with van der Waals surface area (Å²) in [5.74, 6) is 0. The van der Waals surface area contributed by atoms with Gasteiger partial charge in [0.05, 0.1) is 0 Å². The standard InChI is InChI=1S/C3H6.C/c1-3-2;/h3H,1H2,2H3;. The topological polar surface area (TPSA) is 0 Å². The summed E-state index contributed by atoms with van der Waals surface area (Å²) in [7, 11) is 0. The molecule has 0 aromatic rings. The summed E-state index contributed by atoms with van der Waals surface area (Å²) in [5, 5.41) is 0. The quantitative estimate of drug-likeness (QED) is 0.365. The van der Waals surface area contributed by atoms with Crippen LogP contribution in [0, 0.1) is 7.43 Å². The van der Waals surface area contributed by atoms with Crippen LogP contribution in [-0.4, -0.2) is 0 Å². The third-order valence-corrected chi connectivity index (χ3v) is 0. The lowest BCUT2D eigenvalue weighted by Gasteiger charge is -1.31. The molecule has 0 aromatic carbocycles. The minimum absolute atomic E-state index is 0. The molecule has 0 spiro atoms. The van der Waals surface area contributed by atoms with E-state index in [-0.39, 0.29) is 7.43 Å². The van der Waals surface area contributed by atoms with Crippen LogP contribution < -0.4 is 0 Å². The van der Waals surface area contributed by atoms with Crippen LogP contribution in [0.3, 0.4) is 0 Å². The van der Waals surface area contributed by atoms with Gasteiger partial charge in [0.2, 0.25) is 0 Å². The van der Waals surface area contributed by atoms with E-state index in [2.05, 4.69) is 6.58 Å². The highest BCUT2D eigenvalue weighted by Crippen LogP contribution is 1.38. The molecule has 0 saturated heterocycles. The van der Waals surface area contributed by atoms with E-state index >= 15 is 0 Å². The Kier molecular flexibility index (Phi) is 35.1. The Morgan fingerprint density at radius 2 is 1.75 bits per heavy atom. The second kappa shape index (κ2) is 15.1. The van der Waals surface area contributed by atoms with Gasteiger partial charge in [-0.1, -0.05) is 6.08 Å². The second-order valence-corrected chi connectivity index (χ2v) is 0.408. The molecule has 0 bridgehead atoms. The fraction of sp³-hybridized carbons (Fsp3) is 0.250. The van der Waals surface area contributed by atoms with Gasteiger partial charge in [0.15, 0.2) is 0 Å². The first-order valence-electron chi connectivity index (χ1n) is 0.986. The van der Waals surface area contributed by atoms with Gasteiger partial charge >= 0.3 is 0 Å². The fourth-order valence-electron chi connectivity index (χ4n) is 0. The molecule has 0 heteroatoms. The molecule has 0 nitrogen and oxygen atoms in total. The molecule has 0 atom stereocenters. The van der Waals surface area contributed by atoms with E-state index in [9.17, 15) is 0 Å². The molecule has 0 rings (SSSR count). The molecule has 0 N–H and O–H groups in total. The monoisotopic (exact) mass is 54.0 g/mol. The van der Waals surface area contributed by atoms with Gasteiger partial charge in [-0.15, -0.1) is 6.58 Å². The van der Waals surface area contributed by atoms with Crippen molar-refractivity contribution in [3.63, 3.8) is 0 Å². The summed E-state index contributed by atoms with van der Waals surface area (Å²) in [4.78, 5) is 0. The molecule has 4 radical (unpaired) electrons. The molecule has 0 aliphatic rings. The molecule has 0 aliphatic heterocycles. The zero-order valence-corrected chi connectivity index (χ0v) is 2.78. The van der Waals surface area contributed by atoms with Crippen molar-refractivity contribution >= 4 is 0 Å². The number of hydrogen-bond donors (Lipinski definition) is 0. The summed E-state index contributed by atoms with van der Waals surface area (Å²) in [6.45, 7) is 5.25. The van der Waals surface area contributed by atoms with Crippen molar-refractivity contribution < 1.29 is 0 Å². The average molecular weight is 54.1 g/mol. The van der Waals surface area contributed by atoms with E-state index in [1.807, 2.05) is 6.92 Å². The second-order valence-electron chi connectivity index (χ2n) is 0.408. The van der Waals surface area contributed by atoms with E-state index < -0.39 is 0 Å². The Morgan fingerprint density at radius 1 is 1.75 bits per heavy atom. The maximum atomic E-state index is 3.36. The van der Waals surface area contributed by atoms with Crippen molar-refractivity contribution in [1.82, 2.24) is 0 Å². The van der Waals surface area contributed by atoms with Crippen LogP contribution in [0.2, 0.25) is 0 Å². The summed E-state index contributed by atoms with van der Waals surface area (Å²) in [6.07, 6.45) is 1.75. The Labute approximate surface area is 28.2 Å². The van der Waals surface area contributed by atoms with Gasteiger partial charge in [0.25, 0.3) is 0 Å². The van der Waals surface area contributed by atoms with E-state index in [0.29, 0.717) is 0 Å². The average Bonchev–Trinajstić information content (AvgIpc) is 0.918. The molecule has 0 aromatic heterocycles. The van der Waals surface area contributed by atoms with Gasteiger partial charge < -0.3 is 0 Å². The van der Waals surface area contributed by atoms with Crippen molar-refractivity contribution in [2.75, 3.05) is 0 Å². The van der Waals surface area contributed by atoms with Crippen molar-refractivity contribution in [2.45, 2.75) is 6.92 Å². The van der Waals surface area contributed by atoms with Crippen LogP contribution >= 0.6 is 0 Å². The molecule has 0 aliphatic carbocycles. The van der Waals surface area contributed by atoms with Gasteiger partial charge in [-0.25, -0.2) is 0 Å². The molecule has 0 fully saturated rings. The van der Waals surface area contributed by atoms with Crippen LogP contribution in [0.5, 0.6) is 0 Å². The number of hydrogen-bond acceptors (Lipinski definition) is 0. The van der Waals surface area contributed by atoms with Gasteiger partial charge in [-0.05, 0) is 6.92 Å². The predicted molar refractivity (Wildman–Crippen MR) is 19.1 cm³/mol. The third kappa shape index (κ3) is 14.1. The Bertz CT molecular complexity index is 7.51. The van der Waals surface area contributed by atoms with E-state index in [0.717, 1.165) is 0 Å². The summed E-state index contributed by atoms with van der Waals surface area (Å²) in [5.41, 5.74) is 0. The Morgan fingerprint density at radius 3 is 1.75 bits per heavy atom. The van der Waals surface area contributed by atoms with Gasteiger partial charge in [0.1, 0.15) is 0 Å². The van der Waals surface area contributed by atoms with Crippen LogP contribution in [0.1, 0.15) is 6.92 Å². The lowest BCUT2D eigenvalue weighted by molar-refractivity contribution is 1.80. The molecular formula is C4H6. The molecule has 4 heavy (non-hydrogen) atoms. The van der Waals surface area contributed by atoms with Crippen LogP contribution in [0.15, 0.2) is 12.7 Å². The van der Waals surface area contributed by atoms with E-state index in [4.69, 9.17) is 0 Å². The van der Waals surface area contributed by atoms with Gasteiger partial charge in [-0.2, -0.15) is 0 Å². The van der Waals surface area contributed by atoms with Crippen LogP contribution in [-0.2, 0) is 0 Å². The highest BCUT2D eigenvalue weighted by atomic mass is 13.2. The van der Waals surface area contributed by atoms with Crippen LogP contribution in [0.4, 0.5) is 0 Å². The normalized spacial score (nSPS) is 3.25. The minimum Gasteiger partial charge on any atom is -0.103 e. The molecular weight excluding hydrogens is 48.0 g/mol. The maximum absolute atomic E-state index is 3.36. The summed E-state index contributed by atoms with van der Waals surface area (Å²) >= 11 is 0. The zero-order valence-electron chi connectivity index (χ0n) is 2.78. The minimum atomic E-state index is 0. The third-order valence-electron chi connectivity index (χ3n) is 0. The first-order valence-corrected chi connectivity index (χ1v) is 0.986. The molecule has 0 unspecified atom stereocenters. The predicted octanol–water partition coefficient (Wildman–Crippen LogP) is 1.27. The lowest BCUT2D eigenvalue weighted by Crippen LogP contribution is -1.07. The molecule has 22 valence electrons. The van der Waals surface area contributed by atoms with Crippen molar-refractivity contribution in [1.29, 1.82) is 0 Å². The fourth-order valence-corrected chi connectivity index (χ4v) is 0. The largest absolute Gasteiger partial charge is 0.103 e. The highest BCUT2D eigenvalue weighted by molar-refractivity contribution is 4.51. The first-order chi connectivity index (χ1) is 1.41. The maximum Gasteiger partial charge on any atom is 0 e. The summed E-state index contributed by atoms with van der Waals surface area (Å²) in [6, 6.07) is 0. The van der Waals surface area contributed by atoms with E-state index in [1.165, 1.54) is 0 Å². The molecule has 0 amide bonds. The summed E-state index contributed by atoms with van der Waals surface area (Å²) < 4.78 is 0. The van der Waals surface area contributed by atoms with Crippen LogP contribution in [0.25, 0.3) is 0 Å². The van der Waals surface area contributed by atoms with Gasteiger partial charge in [-0.3, -0.25) is 0 Å². The first kappa shape index (κ1) is 9.27. The van der Waals surface area contributed by atoms with Crippen molar-refractivity contribution in [2.24, 2.45) is 0 Å².